The Labute approximate surface area is 63.7 Å². The summed E-state index contributed by atoms with van der Waals surface area (Å²) in [6.07, 6.45) is 0. The van der Waals surface area contributed by atoms with Gasteiger partial charge in [0.1, 0.15) is 5.82 Å². The average Bonchev–Trinajstić information content (AvgIpc) is 1.94. The lowest BCUT2D eigenvalue weighted by atomic mass is 10.2. The molecule has 0 unspecified atom stereocenters. The number of pyridine rings is 1. The van der Waals surface area contributed by atoms with Gasteiger partial charge in [0, 0.05) is 0 Å². The van der Waals surface area contributed by atoms with E-state index in [0.29, 0.717) is 0 Å². The van der Waals surface area contributed by atoms with Gasteiger partial charge in [-0.25, -0.2) is 9.78 Å². The van der Waals surface area contributed by atoms with Crippen molar-refractivity contribution in [1.29, 1.82) is 0 Å². The highest BCUT2D eigenvalue weighted by Crippen LogP contribution is 2.07. The molecule has 1 aromatic rings. The van der Waals surface area contributed by atoms with E-state index in [-0.39, 0.29) is 11.5 Å². The Morgan fingerprint density at radius 2 is 2.27 bits per heavy atom. The van der Waals surface area contributed by atoms with E-state index in [0.717, 1.165) is 5.56 Å². The van der Waals surface area contributed by atoms with E-state index in [2.05, 4.69) is 4.98 Å². The summed E-state index contributed by atoms with van der Waals surface area (Å²) < 4.78 is 0. The molecule has 11 heavy (non-hydrogen) atoms. The molecule has 0 atom stereocenters. The summed E-state index contributed by atoms with van der Waals surface area (Å²) in [5, 5.41) is 8.48. The molecular weight excluding hydrogens is 144 g/mol. The van der Waals surface area contributed by atoms with Gasteiger partial charge in [-0.1, -0.05) is 6.07 Å². The topological polar surface area (TPSA) is 76.2 Å². The average molecular weight is 152 g/mol. The van der Waals surface area contributed by atoms with Crippen LogP contribution >= 0.6 is 0 Å². The number of nitrogens with two attached hydrogens (primary N) is 1. The van der Waals surface area contributed by atoms with Crippen LogP contribution in [-0.4, -0.2) is 16.1 Å². The Morgan fingerprint density at radius 3 is 2.73 bits per heavy atom. The van der Waals surface area contributed by atoms with E-state index in [9.17, 15) is 4.79 Å². The van der Waals surface area contributed by atoms with Crippen LogP contribution in [0, 0.1) is 6.92 Å². The maximum atomic E-state index is 10.3. The first-order valence-corrected chi connectivity index (χ1v) is 3.07. The van der Waals surface area contributed by atoms with E-state index >= 15 is 0 Å². The van der Waals surface area contributed by atoms with Crippen LogP contribution in [0.3, 0.4) is 0 Å². The lowest BCUT2D eigenvalue weighted by molar-refractivity contribution is 0.0690. The summed E-state index contributed by atoms with van der Waals surface area (Å²) >= 11 is 0. The highest BCUT2D eigenvalue weighted by Gasteiger charge is 2.04. The molecule has 0 spiro atoms. The molecule has 0 saturated heterocycles. The molecule has 3 N–H and O–H groups in total. The van der Waals surface area contributed by atoms with Crippen molar-refractivity contribution in [2.24, 2.45) is 0 Å². The van der Waals surface area contributed by atoms with E-state index in [1.807, 2.05) is 0 Å². The molecule has 0 aliphatic rings. The number of hydrogen-bond donors (Lipinski definition) is 2. The van der Waals surface area contributed by atoms with Crippen LogP contribution in [0.5, 0.6) is 0 Å². The van der Waals surface area contributed by atoms with Gasteiger partial charge < -0.3 is 10.8 Å². The standard InChI is InChI=1S/C7H8N2O2/c1-4-2-3-5(7(10)11)9-6(4)8/h2-3H,1H3,(H2,8,9)(H,10,11). The molecule has 0 aliphatic heterocycles. The van der Waals surface area contributed by atoms with Gasteiger partial charge in [0.2, 0.25) is 0 Å². The summed E-state index contributed by atoms with van der Waals surface area (Å²) in [4.78, 5) is 14.0. The van der Waals surface area contributed by atoms with Crippen LogP contribution in [0.4, 0.5) is 5.82 Å². The van der Waals surface area contributed by atoms with Gasteiger partial charge in [-0.05, 0) is 18.6 Å². The SMILES string of the molecule is Cc1ccc(C(=O)O)nc1N. The van der Waals surface area contributed by atoms with Gasteiger partial charge in [-0.3, -0.25) is 0 Å². The van der Waals surface area contributed by atoms with E-state index in [1.54, 1.807) is 13.0 Å². The van der Waals surface area contributed by atoms with Crippen LogP contribution in [0.25, 0.3) is 0 Å². The quantitative estimate of drug-likeness (QED) is 0.620. The molecule has 0 saturated carbocycles. The molecule has 0 radical (unpaired) electrons. The molecule has 0 amide bonds. The van der Waals surface area contributed by atoms with Gasteiger partial charge in [0.05, 0.1) is 0 Å². The van der Waals surface area contributed by atoms with E-state index in [1.165, 1.54) is 6.07 Å². The van der Waals surface area contributed by atoms with E-state index < -0.39 is 5.97 Å². The molecule has 1 aromatic heterocycles. The summed E-state index contributed by atoms with van der Waals surface area (Å²) in [7, 11) is 0. The number of aryl methyl sites for hydroxylation is 1. The maximum absolute atomic E-state index is 10.3. The molecule has 0 fully saturated rings. The number of carbonyl (C=O) groups is 1. The van der Waals surface area contributed by atoms with Crippen molar-refractivity contribution in [3.8, 4) is 0 Å². The molecular formula is C7H8N2O2. The Kier molecular flexibility index (Phi) is 1.76. The monoisotopic (exact) mass is 152 g/mol. The predicted molar refractivity (Wildman–Crippen MR) is 40.3 cm³/mol. The number of anilines is 1. The molecule has 4 nitrogen and oxygen atoms in total. The van der Waals surface area contributed by atoms with Gasteiger partial charge >= 0.3 is 5.97 Å². The third kappa shape index (κ3) is 1.46. The van der Waals surface area contributed by atoms with Crippen molar-refractivity contribution in [3.63, 3.8) is 0 Å². The van der Waals surface area contributed by atoms with Crippen molar-refractivity contribution >= 4 is 11.8 Å². The number of carboxylic acids is 1. The maximum Gasteiger partial charge on any atom is 0.354 e. The van der Waals surface area contributed by atoms with Gasteiger partial charge in [-0.2, -0.15) is 0 Å². The number of nitrogens with zero attached hydrogens (tertiary/aromatic N) is 1. The van der Waals surface area contributed by atoms with Crippen LogP contribution in [-0.2, 0) is 0 Å². The van der Waals surface area contributed by atoms with Crippen molar-refractivity contribution in [2.75, 3.05) is 5.73 Å². The molecule has 0 bridgehead atoms. The van der Waals surface area contributed by atoms with Gasteiger partial charge in [0.15, 0.2) is 5.69 Å². The predicted octanol–water partition coefficient (Wildman–Crippen LogP) is 0.670. The lowest BCUT2D eigenvalue weighted by Crippen LogP contribution is -2.03. The smallest absolute Gasteiger partial charge is 0.354 e. The first kappa shape index (κ1) is 7.53. The summed E-state index contributed by atoms with van der Waals surface area (Å²) in [5.41, 5.74) is 6.15. The number of rotatable bonds is 1. The first-order chi connectivity index (χ1) is 5.11. The van der Waals surface area contributed by atoms with Crippen LogP contribution in [0.15, 0.2) is 12.1 Å². The fourth-order valence-corrected chi connectivity index (χ4v) is 0.664. The second kappa shape index (κ2) is 2.57. The second-order valence-corrected chi connectivity index (χ2v) is 2.20. The summed E-state index contributed by atoms with van der Waals surface area (Å²) in [5.74, 6) is -0.790. The Hall–Kier alpha value is -1.58. The van der Waals surface area contributed by atoms with Gasteiger partial charge in [0.25, 0.3) is 0 Å². The van der Waals surface area contributed by atoms with E-state index in [4.69, 9.17) is 10.8 Å². The first-order valence-electron chi connectivity index (χ1n) is 3.07. The molecule has 1 heterocycles. The fraction of sp³-hybridized carbons (Fsp3) is 0.143. The fourth-order valence-electron chi connectivity index (χ4n) is 0.664. The Bertz CT molecular complexity index is 296. The lowest BCUT2D eigenvalue weighted by Gasteiger charge is -1.98. The number of carboxylic acid groups (broad SMARTS) is 1. The zero-order chi connectivity index (χ0) is 8.43. The minimum absolute atomic E-state index is 0.0203. The zero-order valence-corrected chi connectivity index (χ0v) is 6.03. The minimum Gasteiger partial charge on any atom is -0.477 e. The molecule has 0 aromatic carbocycles. The number of aromatic carboxylic acids is 1. The Balaban J connectivity index is 3.15. The Morgan fingerprint density at radius 1 is 1.64 bits per heavy atom. The van der Waals surface area contributed by atoms with Crippen molar-refractivity contribution in [1.82, 2.24) is 4.98 Å². The number of hydrogen-bond acceptors (Lipinski definition) is 3. The number of nitrogen functional groups attached to an aromatic ring is 1. The normalized spacial score (nSPS) is 9.55. The highest BCUT2D eigenvalue weighted by molar-refractivity contribution is 5.85. The van der Waals surface area contributed by atoms with Crippen LogP contribution in [0.1, 0.15) is 16.1 Å². The van der Waals surface area contributed by atoms with Crippen LogP contribution < -0.4 is 5.73 Å². The second-order valence-electron chi connectivity index (χ2n) is 2.20. The van der Waals surface area contributed by atoms with Crippen LogP contribution in [0.2, 0.25) is 0 Å². The summed E-state index contributed by atoms with van der Waals surface area (Å²) in [6.45, 7) is 1.77. The molecule has 4 heteroatoms. The van der Waals surface area contributed by atoms with Crippen molar-refractivity contribution < 1.29 is 9.90 Å². The number of aromatic nitrogens is 1. The molecule has 0 aliphatic carbocycles. The third-order valence-corrected chi connectivity index (χ3v) is 1.36. The summed E-state index contributed by atoms with van der Waals surface area (Å²) in [6, 6.07) is 3.06. The highest BCUT2D eigenvalue weighted by atomic mass is 16.4. The largest absolute Gasteiger partial charge is 0.477 e. The third-order valence-electron chi connectivity index (χ3n) is 1.36. The van der Waals surface area contributed by atoms with Gasteiger partial charge in [-0.15, -0.1) is 0 Å². The van der Waals surface area contributed by atoms with Crippen molar-refractivity contribution in [2.45, 2.75) is 6.92 Å². The molecule has 1 rings (SSSR count). The van der Waals surface area contributed by atoms with Crippen molar-refractivity contribution in [3.05, 3.63) is 23.4 Å². The zero-order valence-electron chi connectivity index (χ0n) is 6.03. The molecule has 58 valence electrons. The minimum atomic E-state index is -1.06.